The highest BCUT2D eigenvalue weighted by molar-refractivity contribution is 5.89. The van der Waals surface area contributed by atoms with Gasteiger partial charge in [0.15, 0.2) is 0 Å². The van der Waals surface area contributed by atoms with Crippen LogP contribution < -0.4 is 5.32 Å². The minimum absolute atomic E-state index is 0.0907. The second-order valence-electron chi connectivity index (χ2n) is 5.93. The number of amides is 2. The highest BCUT2D eigenvalue weighted by atomic mass is 16.2. The van der Waals surface area contributed by atoms with Crippen LogP contribution in [0.2, 0.25) is 0 Å². The summed E-state index contributed by atoms with van der Waals surface area (Å²) >= 11 is 0. The molecule has 2 amide bonds. The summed E-state index contributed by atoms with van der Waals surface area (Å²) in [4.78, 5) is 14.0. The number of likely N-dealkylation sites (N-methyl/N-ethyl adjacent to an activating group) is 1. The second-order valence-corrected chi connectivity index (χ2v) is 5.93. The van der Waals surface area contributed by atoms with E-state index in [-0.39, 0.29) is 6.03 Å². The van der Waals surface area contributed by atoms with Crippen molar-refractivity contribution in [2.45, 2.75) is 40.7 Å². The fourth-order valence-corrected chi connectivity index (χ4v) is 2.64. The number of carbonyl (C=O) groups excluding carboxylic acids is 1. The Bertz CT molecular complexity index is 673. The van der Waals surface area contributed by atoms with Gasteiger partial charge in [-0.3, -0.25) is 4.68 Å². The highest BCUT2D eigenvalue weighted by Crippen LogP contribution is 2.14. The molecule has 5 nitrogen and oxygen atoms in total. The maximum atomic E-state index is 12.2. The summed E-state index contributed by atoms with van der Waals surface area (Å²) in [6.45, 7) is 9.76. The first kappa shape index (κ1) is 17.1. The van der Waals surface area contributed by atoms with Crippen molar-refractivity contribution in [1.29, 1.82) is 0 Å². The molecule has 1 N–H and O–H groups in total. The fraction of sp³-hybridized carbons (Fsp3) is 0.444. The van der Waals surface area contributed by atoms with Crippen LogP contribution in [0.1, 0.15) is 29.4 Å². The molecule has 0 fully saturated rings. The lowest BCUT2D eigenvalue weighted by Gasteiger charge is -2.18. The van der Waals surface area contributed by atoms with Gasteiger partial charge in [-0.1, -0.05) is 17.7 Å². The van der Waals surface area contributed by atoms with E-state index in [4.69, 9.17) is 0 Å². The van der Waals surface area contributed by atoms with Crippen LogP contribution >= 0.6 is 0 Å². The largest absolute Gasteiger partial charge is 0.327 e. The van der Waals surface area contributed by atoms with E-state index in [1.165, 1.54) is 16.8 Å². The standard InChI is InChI=1S/C18H26N4O/c1-6-22-15(4)17(14(3)20-22)11-12-21(5)18(23)19-16-9-7-13(2)8-10-16/h7-10H,6,11-12H2,1-5H3,(H,19,23). The van der Waals surface area contributed by atoms with Crippen LogP contribution in [-0.4, -0.2) is 34.3 Å². The van der Waals surface area contributed by atoms with Crippen LogP contribution in [-0.2, 0) is 13.0 Å². The summed E-state index contributed by atoms with van der Waals surface area (Å²) in [7, 11) is 1.82. The molecule has 0 saturated carbocycles. The van der Waals surface area contributed by atoms with E-state index in [0.29, 0.717) is 6.54 Å². The van der Waals surface area contributed by atoms with Gasteiger partial charge in [-0.15, -0.1) is 0 Å². The predicted octanol–water partition coefficient (Wildman–Crippen LogP) is 3.53. The number of nitrogens with one attached hydrogen (secondary N) is 1. The van der Waals surface area contributed by atoms with Crippen molar-refractivity contribution in [3.8, 4) is 0 Å². The molecule has 0 atom stereocenters. The molecule has 0 aliphatic heterocycles. The van der Waals surface area contributed by atoms with Gasteiger partial charge in [0.05, 0.1) is 5.69 Å². The molecule has 0 bridgehead atoms. The molecule has 0 unspecified atom stereocenters. The average Bonchev–Trinajstić information content (AvgIpc) is 2.81. The number of anilines is 1. The molecule has 2 aromatic rings. The number of hydrogen-bond donors (Lipinski definition) is 1. The Labute approximate surface area is 138 Å². The van der Waals surface area contributed by atoms with Gasteiger partial charge in [-0.05, 0) is 51.8 Å². The third-order valence-corrected chi connectivity index (χ3v) is 4.18. The Balaban J connectivity index is 1.94. The lowest BCUT2D eigenvalue weighted by atomic mass is 10.1. The highest BCUT2D eigenvalue weighted by Gasteiger charge is 2.13. The van der Waals surface area contributed by atoms with Gasteiger partial charge in [0, 0.05) is 31.5 Å². The van der Waals surface area contributed by atoms with Crippen molar-refractivity contribution < 1.29 is 4.79 Å². The average molecular weight is 314 g/mol. The molecular formula is C18H26N4O. The van der Waals surface area contributed by atoms with Crippen LogP contribution in [0.15, 0.2) is 24.3 Å². The normalized spacial score (nSPS) is 10.7. The van der Waals surface area contributed by atoms with Crippen molar-refractivity contribution in [2.75, 3.05) is 18.9 Å². The van der Waals surface area contributed by atoms with E-state index in [2.05, 4.69) is 24.3 Å². The zero-order valence-corrected chi connectivity index (χ0v) is 14.7. The van der Waals surface area contributed by atoms with Crippen LogP contribution in [0, 0.1) is 20.8 Å². The van der Waals surface area contributed by atoms with Gasteiger partial charge < -0.3 is 10.2 Å². The smallest absolute Gasteiger partial charge is 0.321 e. The number of urea groups is 1. The van der Waals surface area contributed by atoms with Gasteiger partial charge >= 0.3 is 6.03 Å². The molecule has 0 aliphatic rings. The molecule has 1 heterocycles. The van der Waals surface area contributed by atoms with E-state index in [1.54, 1.807) is 4.90 Å². The molecule has 124 valence electrons. The molecule has 0 saturated heterocycles. The third-order valence-electron chi connectivity index (χ3n) is 4.18. The summed E-state index contributed by atoms with van der Waals surface area (Å²) < 4.78 is 2.01. The van der Waals surface area contributed by atoms with Gasteiger partial charge in [-0.25, -0.2) is 4.79 Å². The number of rotatable bonds is 5. The van der Waals surface area contributed by atoms with Crippen molar-refractivity contribution in [3.63, 3.8) is 0 Å². The molecule has 0 aliphatic carbocycles. The molecule has 2 rings (SSSR count). The SMILES string of the molecule is CCn1nc(C)c(CCN(C)C(=O)Nc2ccc(C)cc2)c1C. The lowest BCUT2D eigenvalue weighted by molar-refractivity contribution is 0.223. The summed E-state index contributed by atoms with van der Waals surface area (Å²) in [5, 5.41) is 7.44. The maximum Gasteiger partial charge on any atom is 0.321 e. The molecule has 0 spiro atoms. The Morgan fingerprint density at radius 1 is 1.22 bits per heavy atom. The zero-order chi connectivity index (χ0) is 17.0. The van der Waals surface area contributed by atoms with E-state index in [0.717, 1.165) is 24.3 Å². The molecule has 0 radical (unpaired) electrons. The number of aromatic nitrogens is 2. The van der Waals surface area contributed by atoms with Crippen molar-refractivity contribution in [3.05, 3.63) is 46.8 Å². The summed E-state index contributed by atoms with van der Waals surface area (Å²) in [6.07, 6.45) is 0.815. The van der Waals surface area contributed by atoms with E-state index >= 15 is 0 Å². The van der Waals surface area contributed by atoms with E-state index in [1.807, 2.05) is 49.8 Å². The number of nitrogens with zero attached hydrogens (tertiary/aromatic N) is 3. The molecule has 1 aromatic carbocycles. The fourth-order valence-electron chi connectivity index (χ4n) is 2.64. The van der Waals surface area contributed by atoms with Crippen molar-refractivity contribution in [2.24, 2.45) is 0 Å². The van der Waals surface area contributed by atoms with Gasteiger partial charge in [0.25, 0.3) is 0 Å². The van der Waals surface area contributed by atoms with E-state index in [9.17, 15) is 4.79 Å². The molecule has 23 heavy (non-hydrogen) atoms. The number of hydrogen-bond acceptors (Lipinski definition) is 2. The van der Waals surface area contributed by atoms with Crippen LogP contribution in [0.4, 0.5) is 10.5 Å². The van der Waals surface area contributed by atoms with Crippen LogP contribution in [0.3, 0.4) is 0 Å². The Hall–Kier alpha value is -2.30. The maximum absolute atomic E-state index is 12.2. The van der Waals surface area contributed by atoms with Gasteiger partial charge in [-0.2, -0.15) is 5.10 Å². The van der Waals surface area contributed by atoms with Crippen LogP contribution in [0.5, 0.6) is 0 Å². The molecule has 1 aromatic heterocycles. The number of carbonyl (C=O) groups is 1. The second kappa shape index (κ2) is 7.31. The summed E-state index contributed by atoms with van der Waals surface area (Å²) in [5.74, 6) is 0. The third kappa shape index (κ3) is 4.12. The predicted molar refractivity (Wildman–Crippen MR) is 93.9 cm³/mol. The Morgan fingerprint density at radius 3 is 2.43 bits per heavy atom. The monoisotopic (exact) mass is 314 g/mol. The topological polar surface area (TPSA) is 50.2 Å². The first-order valence-corrected chi connectivity index (χ1v) is 8.04. The number of benzene rings is 1. The Morgan fingerprint density at radius 2 is 1.87 bits per heavy atom. The van der Waals surface area contributed by atoms with Crippen LogP contribution in [0.25, 0.3) is 0 Å². The van der Waals surface area contributed by atoms with Gasteiger partial charge in [0.1, 0.15) is 0 Å². The van der Waals surface area contributed by atoms with Crippen molar-refractivity contribution >= 4 is 11.7 Å². The van der Waals surface area contributed by atoms with Gasteiger partial charge in [0.2, 0.25) is 0 Å². The minimum Gasteiger partial charge on any atom is -0.327 e. The minimum atomic E-state index is -0.0907. The number of aryl methyl sites for hydroxylation is 3. The lowest BCUT2D eigenvalue weighted by Crippen LogP contribution is -2.33. The summed E-state index contributed by atoms with van der Waals surface area (Å²) in [5.41, 5.74) is 5.48. The van der Waals surface area contributed by atoms with E-state index < -0.39 is 0 Å². The first-order chi connectivity index (χ1) is 10.9. The Kier molecular flexibility index (Phi) is 5.42. The first-order valence-electron chi connectivity index (χ1n) is 8.04. The zero-order valence-electron chi connectivity index (χ0n) is 14.7. The van der Waals surface area contributed by atoms with Crippen molar-refractivity contribution in [1.82, 2.24) is 14.7 Å². The molecule has 5 heteroatoms. The quantitative estimate of drug-likeness (QED) is 0.918. The summed E-state index contributed by atoms with van der Waals surface area (Å²) in [6, 6.07) is 7.72. The molecular weight excluding hydrogens is 288 g/mol.